The van der Waals surface area contributed by atoms with Gasteiger partial charge in [0.2, 0.25) is 0 Å². The van der Waals surface area contributed by atoms with Crippen LogP contribution in [0.25, 0.3) is 0 Å². The average Bonchev–Trinajstić information content (AvgIpc) is 1.94. The number of nitrogens with one attached hydrogen (secondary N) is 1. The zero-order valence-corrected chi connectivity index (χ0v) is 6.63. The van der Waals surface area contributed by atoms with Gasteiger partial charge in [0.1, 0.15) is 0 Å². The molecule has 1 aliphatic rings. The SMILES string of the molecule is C/C=C/[C@H]1NCCO[C@@H]1C. The van der Waals surface area contributed by atoms with E-state index in [4.69, 9.17) is 4.74 Å². The molecule has 1 N–H and O–H groups in total. The van der Waals surface area contributed by atoms with Crippen molar-refractivity contribution in [2.75, 3.05) is 13.2 Å². The third-order valence-electron chi connectivity index (χ3n) is 1.77. The van der Waals surface area contributed by atoms with Gasteiger partial charge >= 0.3 is 0 Å². The van der Waals surface area contributed by atoms with Crippen LogP contribution in [0.15, 0.2) is 12.2 Å². The first-order valence-electron chi connectivity index (χ1n) is 3.82. The molecular weight excluding hydrogens is 126 g/mol. The third-order valence-corrected chi connectivity index (χ3v) is 1.77. The Kier molecular flexibility index (Phi) is 2.90. The van der Waals surface area contributed by atoms with Gasteiger partial charge in [0.15, 0.2) is 0 Å². The van der Waals surface area contributed by atoms with Gasteiger partial charge in [-0.3, -0.25) is 0 Å². The van der Waals surface area contributed by atoms with Crippen LogP contribution in [-0.2, 0) is 4.74 Å². The molecule has 0 amide bonds. The van der Waals surface area contributed by atoms with Crippen molar-refractivity contribution >= 4 is 0 Å². The highest BCUT2D eigenvalue weighted by Gasteiger charge is 2.17. The van der Waals surface area contributed by atoms with Crippen molar-refractivity contribution in [3.63, 3.8) is 0 Å². The maximum absolute atomic E-state index is 5.43. The van der Waals surface area contributed by atoms with Crippen molar-refractivity contribution in [1.29, 1.82) is 0 Å². The molecule has 1 rings (SSSR count). The van der Waals surface area contributed by atoms with Crippen molar-refractivity contribution in [3.05, 3.63) is 12.2 Å². The predicted octanol–water partition coefficient (Wildman–Crippen LogP) is 0.939. The van der Waals surface area contributed by atoms with Gasteiger partial charge in [0, 0.05) is 6.54 Å². The second kappa shape index (κ2) is 3.74. The fourth-order valence-corrected chi connectivity index (χ4v) is 1.17. The Bertz CT molecular complexity index is 122. The van der Waals surface area contributed by atoms with Gasteiger partial charge in [-0.1, -0.05) is 12.2 Å². The summed E-state index contributed by atoms with van der Waals surface area (Å²) < 4.78 is 5.43. The maximum Gasteiger partial charge on any atom is 0.0736 e. The van der Waals surface area contributed by atoms with Crippen LogP contribution in [0.1, 0.15) is 13.8 Å². The molecule has 1 fully saturated rings. The zero-order chi connectivity index (χ0) is 7.40. The number of hydrogen-bond acceptors (Lipinski definition) is 2. The summed E-state index contributed by atoms with van der Waals surface area (Å²) in [5.74, 6) is 0. The maximum atomic E-state index is 5.43. The van der Waals surface area contributed by atoms with Crippen LogP contribution in [0.2, 0.25) is 0 Å². The number of ether oxygens (including phenoxy) is 1. The Balaban J connectivity index is 2.39. The molecule has 0 aliphatic carbocycles. The monoisotopic (exact) mass is 141 g/mol. The van der Waals surface area contributed by atoms with Gasteiger partial charge in [0.05, 0.1) is 18.8 Å². The third kappa shape index (κ3) is 1.82. The van der Waals surface area contributed by atoms with Crippen LogP contribution in [0.4, 0.5) is 0 Å². The van der Waals surface area contributed by atoms with Crippen molar-refractivity contribution in [2.24, 2.45) is 0 Å². The fraction of sp³-hybridized carbons (Fsp3) is 0.750. The van der Waals surface area contributed by atoms with E-state index in [1.165, 1.54) is 0 Å². The standard InChI is InChI=1S/C8H15NO/c1-3-4-8-7(2)10-6-5-9-8/h3-4,7-9H,5-6H2,1-2H3/b4-3+/t7-,8-/m1/s1. The molecule has 1 aliphatic heterocycles. The second-order valence-corrected chi connectivity index (χ2v) is 2.58. The number of rotatable bonds is 1. The first-order chi connectivity index (χ1) is 4.84. The quantitative estimate of drug-likeness (QED) is 0.549. The van der Waals surface area contributed by atoms with Crippen LogP contribution in [0.5, 0.6) is 0 Å². The smallest absolute Gasteiger partial charge is 0.0736 e. The summed E-state index contributed by atoms with van der Waals surface area (Å²) in [5.41, 5.74) is 0. The molecule has 0 aromatic carbocycles. The molecule has 0 saturated carbocycles. The van der Waals surface area contributed by atoms with E-state index in [-0.39, 0.29) is 0 Å². The zero-order valence-electron chi connectivity index (χ0n) is 6.63. The van der Waals surface area contributed by atoms with E-state index in [1.54, 1.807) is 0 Å². The van der Waals surface area contributed by atoms with Crippen molar-refractivity contribution in [2.45, 2.75) is 26.0 Å². The lowest BCUT2D eigenvalue weighted by Gasteiger charge is -2.27. The van der Waals surface area contributed by atoms with E-state index >= 15 is 0 Å². The highest BCUT2D eigenvalue weighted by atomic mass is 16.5. The fourth-order valence-electron chi connectivity index (χ4n) is 1.17. The molecule has 10 heavy (non-hydrogen) atoms. The van der Waals surface area contributed by atoms with E-state index in [0.717, 1.165) is 13.2 Å². The molecule has 0 unspecified atom stereocenters. The summed E-state index contributed by atoms with van der Waals surface area (Å²) >= 11 is 0. The van der Waals surface area contributed by atoms with Crippen LogP contribution in [-0.4, -0.2) is 25.3 Å². The Labute approximate surface area is 62.3 Å². The van der Waals surface area contributed by atoms with Crippen molar-refractivity contribution < 1.29 is 4.74 Å². The van der Waals surface area contributed by atoms with E-state index in [0.29, 0.717) is 12.1 Å². The Morgan fingerprint density at radius 1 is 1.60 bits per heavy atom. The van der Waals surface area contributed by atoms with Gasteiger partial charge in [0.25, 0.3) is 0 Å². The molecule has 0 bridgehead atoms. The normalized spacial score (nSPS) is 35.0. The topological polar surface area (TPSA) is 21.3 Å². The minimum Gasteiger partial charge on any atom is -0.375 e. The molecule has 2 nitrogen and oxygen atoms in total. The van der Waals surface area contributed by atoms with Crippen molar-refractivity contribution in [3.8, 4) is 0 Å². The van der Waals surface area contributed by atoms with Gasteiger partial charge in [-0.15, -0.1) is 0 Å². The minimum atomic E-state index is 0.324. The number of morpholine rings is 1. The van der Waals surface area contributed by atoms with E-state index in [1.807, 2.05) is 6.92 Å². The number of allylic oxidation sites excluding steroid dienone is 1. The Hall–Kier alpha value is -0.340. The van der Waals surface area contributed by atoms with E-state index in [2.05, 4.69) is 24.4 Å². The first kappa shape index (κ1) is 7.76. The van der Waals surface area contributed by atoms with Gasteiger partial charge in [-0.2, -0.15) is 0 Å². The molecule has 1 heterocycles. The predicted molar refractivity (Wildman–Crippen MR) is 42.0 cm³/mol. The molecule has 2 heteroatoms. The molecule has 0 radical (unpaired) electrons. The Morgan fingerprint density at radius 2 is 2.40 bits per heavy atom. The lowest BCUT2D eigenvalue weighted by Crippen LogP contribution is -2.45. The summed E-state index contributed by atoms with van der Waals surface area (Å²) in [7, 11) is 0. The summed E-state index contributed by atoms with van der Waals surface area (Å²) in [5, 5.41) is 3.36. The largest absolute Gasteiger partial charge is 0.375 e. The minimum absolute atomic E-state index is 0.324. The van der Waals surface area contributed by atoms with Crippen LogP contribution < -0.4 is 5.32 Å². The van der Waals surface area contributed by atoms with Gasteiger partial charge < -0.3 is 10.1 Å². The molecule has 0 aromatic heterocycles. The molecule has 0 aromatic rings. The molecule has 58 valence electrons. The van der Waals surface area contributed by atoms with Crippen LogP contribution in [0, 0.1) is 0 Å². The highest BCUT2D eigenvalue weighted by Crippen LogP contribution is 2.04. The van der Waals surface area contributed by atoms with Crippen LogP contribution in [0.3, 0.4) is 0 Å². The highest BCUT2D eigenvalue weighted by molar-refractivity contribution is 4.96. The molecule has 1 saturated heterocycles. The van der Waals surface area contributed by atoms with E-state index in [9.17, 15) is 0 Å². The van der Waals surface area contributed by atoms with E-state index < -0.39 is 0 Å². The molecule has 2 atom stereocenters. The van der Waals surface area contributed by atoms with Gasteiger partial charge in [-0.05, 0) is 13.8 Å². The Morgan fingerprint density at radius 3 is 3.00 bits per heavy atom. The summed E-state index contributed by atoms with van der Waals surface area (Å²) in [6.45, 7) is 5.94. The first-order valence-corrected chi connectivity index (χ1v) is 3.82. The van der Waals surface area contributed by atoms with Crippen LogP contribution >= 0.6 is 0 Å². The second-order valence-electron chi connectivity index (χ2n) is 2.58. The summed E-state index contributed by atoms with van der Waals surface area (Å²) in [6.07, 6.45) is 4.53. The summed E-state index contributed by atoms with van der Waals surface area (Å²) in [4.78, 5) is 0. The molecular formula is C8H15NO. The summed E-state index contributed by atoms with van der Waals surface area (Å²) in [6, 6.07) is 0.416. The lowest BCUT2D eigenvalue weighted by atomic mass is 10.1. The average molecular weight is 141 g/mol. The number of hydrogen-bond donors (Lipinski definition) is 1. The lowest BCUT2D eigenvalue weighted by molar-refractivity contribution is 0.0212. The van der Waals surface area contributed by atoms with Gasteiger partial charge in [-0.25, -0.2) is 0 Å². The molecule has 0 spiro atoms. The van der Waals surface area contributed by atoms with Crippen molar-refractivity contribution in [1.82, 2.24) is 5.32 Å².